The highest BCUT2D eigenvalue weighted by Crippen LogP contribution is 2.36. The molecule has 1 saturated heterocycles. The molecule has 0 spiro atoms. The van der Waals surface area contributed by atoms with Gasteiger partial charge in [0.25, 0.3) is 0 Å². The summed E-state index contributed by atoms with van der Waals surface area (Å²) in [7, 11) is 0. The summed E-state index contributed by atoms with van der Waals surface area (Å²) in [4.78, 5) is 13.8. The number of ether oxygens (including phenoxy) is 2. The van der Waals surface area contributed by atoms with Crippen molar-refractivity contribution in [2.24, 2.45) is 5.92 Å². The number of carbonyl (C=O) groups is 1. The molecule has 1 atom stereocenters. The molecular weight excluding hydrogens is 349 g/mol. The van der Waals surface area contributed by atoms with Crippen molar-refractivity contribution in [3.05, 3.63) is 33.8 Å². The number of hydrogen-bond acceptors (Lipinski definition) is 3. The summed E-state index contributed by atoms with van der Waals surface area (Å²) in [6.07, 6.45) is 0.556. The molecule has 2 rings (SSSR count). The first-order valence-corrected chi connectivity index (χ1v) is 9.01. The number of hydrogen-bond donors (Lipinski definition) is 0. The maximum absolute atomic E-state index is 12.1. The van der Waals surface area contributed by atoms with Crippen molar-refractivity contribution >= 4 is 29.3 Å². The number of likely N-dealkylation sites (tertiary alicyclic amines) is 1. The van der Waals surface area contributed by atoms with Crippen molar-refractivity contribution in [2.45, 2.75) is 45.8 Å². The number of carbonyl (C=O) groups excluding carboxylic acids is 1. The topological polar surface area (TPSA) is 38.8 Å². The van der Waals surface area contributed by atoms with Crippen LogP contribution in [0, 0.1) is 5.92 Å². The first kappa shape index (κ1) is 19.4. The molecule has 134 valence electrons. The van der Waals surface area contributed by atoms with Gasteiger partial charge in [-0.2, -0.15) is 0 Å². The van der Waals surface area contributed by atoms with Crippen molar-refractivity contribution < 1.29 is 14.3 Å². The smallest absolute Gasteiger partial charge is 0.410 e. The van der Waals surface area contributed by atoms with Gasteiger partial charge in [0.1, 0.15) is 5.60 Å². The third-order valence-electron chi connectivity index (χ3n) is 3.76. The molecule has 24 heavy (non-hydrogen) atoms. The van der Waals surface area contributed by atoms with E-state index in [4.69, 9.17) is 32.7 Å². The Morgan fingerprint density at radius 3 is 2.50 bits per heavy atom. The van der Waals surface area contributed by atoms with Crippen molar-refractivity contribution in [1.82, 2.24) is 4.90 Å². The molecule has 0 aromatic heterocycles. The van der Waals surface area contributed by atoms with E-state index in [0.29, 0.717) is 29.7 Å². The van der Waals surface area contributed by atoms with Crippen molar-refractivity contribution in [3.63, 3.8) is 0 Å². The van der Waals surface area contributed by atoms with E-state index in [-0.39, 0.29) is 18.1 Å². The maximum atomic E-state index is 12.1. The average Bonchev–Trinajstić information content (AvgIpc) is 2.42. The Hall–Kier alpha value is -0.970. The Bertz CT molecular complexity index is 580. The van der Waals surface area contributed by atoms with E-state index in [2.05, 4.69) is 6.92 Å². The molecule has 1 aliphatic heterocycles. The summed E-state index contributed by atoms with van der Waals surface area (Å²) < 4.78 is 11.4. The largest absolute Gasteiger partial charge is 0.444 e. The van der Waals surface area contributed by atoms with Gasteiger partial charge >= 0.3 is 6.09 Å². The lowest BCUT2D eigenvalue weighted by Gasteiger charge is -2.43. The molecule has 0 N–H and O–H groups in total. The molecule has 4 nitrogen and oxygen atoms in total. The zero-order valence-electron chi connectivity index (χ0n) is 14.6. The summed E-state index contributed by atoms with van der Waals surface area (Å²) >= 11 is 12.1. The van der Waals surface area contributed by atoms with E-state index in [0.717, 1.165) is 12.0 Å². The first-order valence-electron chi connectivity index (χ1n) is 8.25. The average molecular weight is 374 g/mol. The van der Waals surface area contributed by atoms with Gasteiger partial charge in [-0.15, -0.1) is 0 Å². The minimum absolute atomic E-state index is 0.0987. The summed E-state index contributed by atoms with van der Waals surface area (Å²) in [6, 6.07) is 5.57. The minimum Gasteiger partial charge on any atom is -0.444 e. The van der Waals surface area contributed by atoms with E-state index in [1.54, 1.807) is 11.0 Å². The molecule has 1 unspecified atom stereocenters. The minimum atomic E-state index is -0.482. The quantitative estimate of drug-likeness (QED) is 0.699. The number of amides is 1. The standard InChI is InChI=1S/C18H25Cl2NO3/c1-5-8-23-16(12-6-7-14(19)15(20)9-12)13-10-21(11-13)17(22)24-18(2,3)4/h6-7,9,13,16H,5,8,10-11H2,1-4H3. The molecule has 0 bridgehead atoms. The van der Waals surface area contributed by atoms with Gasteiger partial charge in [-0.1, -0.05) is 36.2 Å². The lowest BCUT2D eigenvalue weighted by Crippen LogP contribution is -2.53. The highest BCUT2D eigenvalue weighted by atomic mass is 35.5. The van der Waals surface area contributed by atoms with Gasteiger partial charge in [-0.3, -0.25) is 0 Å². The van der Waals surface area contributed by atoms with Gasteiger partial charge in [0.15, 0.2) is 0 Å². The maximum Gasteiger partial charge on any atom is 0.410 e. The van der Waals surface area contributed by atoms with Crippen LogP contribution < -0.4 is 0 Å². The van der Waals surface area contributed by atoms with Crippen LogP contribution in [-0.4, -0.2) is 36.3 Å². The highest BCUT2D eigenvalue weighted by Gasteiger charge is 2.39. The lowest BCUT2D eigenvalue weighted by molar-refractivity contribution is -0.0592. The van der Waals surface area contributed by atoms with Crippen LogP contribution in [0.25, 0.3) is 0 Å². The predicted molar refractivity (Wildman–Crippen MR) is 96.7 cm³/mol. The fourth-order valence-electron chi connectivity index (χ4n) is 2.62. The van der Waals surface area contributed by atoms with Gasteiger partial charge in [0.2, 0.25) is 0 Å². The third kappa shape index (κ3) is 5.01. The van der Waals surface area contributed by atoms with Crippen LogP contribution in [0.2, 0.25) is 10.0 Å². The number of nitrogens with zero attached hydrogens (tertiary/aromatic N) is 1. The van der Waals surface area contributed by atoms with Crippen LogP contribution in [0.3, 0.4) is 0 Å². The van der Waals surface area contributed by atoms with Crippen LogP contribution in [0.15, 0.2) is 18.2 Å². The Labute approximate surface area is 154 Å². The van der Waals surface area contributed by atoms with Gasteiger partial charge in [0, 0.05) is 25.6 Å². The number of benzene rings is 1. The lowest BCUT2D eigenvalue weighted by atomic mass is 9.89. The summed E-state index contributed by atoms with van der Waals surface area (Å²) in [5.74, 6) is 0.223. The Kier molecular flexibility index (Phi) is 6.40. The van der Waals surface area contributed by atoms with Crippen LogP contribution in [-0.2, 0) is 9.47 Å². The second-order valence-electron chi connectivity index (χ2n) is 7.11. The molecule has 1 aromatic carbocycles. The summed E-state index contributed by atoms with van der Waals surface area (Å²) in [6.45, 7) is 9.56. The molecular formula is C18H25Cl2NO3. The molecule has 1 aromatic rings. The second-order valence-corrected chi connectivity index (χ2v) is 7.92. The molecule has 0 saturated carbocycles. The zero-order valence-corrected chi connectivity index (χ0v) is 16.2. The normalized spacial score (nSPS) is 16.7. The number of halogens is 2. The van der Waals surface area contributed by atoms with Crippen LogP contribution in [0.4, 0.5) is 4.79 Å². The zero-order chi connectivity index (χ0) is 17.9. The molecule has 6 heteroatoms. The highest BCUT2D eigenvalue weighted by molar-refractivity contribution is 6.42. The molecule has 0 radical (unpaired) electrons. The SMILES string of the molecule is CCCOC(c1ccc(Cl)c(Cl)c1)C1CN(C(=O)OC(C)(C)C)C1. The monoisotopic (exact) mass is 373 g/mol. The third-order valence-corrected chi connectivity index (χ3v) is 4.50. The Balaban J connectivity index is 2.03. The molecule has 1 fully saturated rings. The molecule has 1 amide bonds. The van der Waals surface area contributed by atoms with E-state index in [9.17, 15) is 4.79 Å². The fourth-order valence-corrected chi connectivity index (χ4v) is 2.92. The first-order chi connectivity index (χ1) is 11.2. The fraction of sp³-hybridized carbons (Fsp3) is 0.611. The van der Waals surface area contributed by atoms with Crippen LogP contribution >= 0.6 is 23.2 Å². The predicted octanol–water partition coefficient (Wildman–Crippen LogP) is 5.33. The molecule has 1 aliphatic rings. The summed E-state index contributed by atoms with van der Waals surface area (Å²) in [5.41, 5.74) is 0.510. The van der Waals surface area contributed by atoms with Crippen molar-refractivity contribution in [1.29, 1.82) is 0 Å². The van der Waals surface area contributed by atoms with E-state index in [1.807, 2.05) is 32.9 Å². The summed E-state index contributed by atoms with van der Waals surface area (Å²) in [5, 5.41) is 1.04. The van der Waals surface area contributed by atoms with Gasteiger partial charge in [0.05, 0.1) is 16.1 Å². The van der Waals surface area contributed by atoms with E-state index < -0.39 is 5.60 Å². The second kappa shape index (κ2) is 7.94. The van der Waals surface area contributed by atoms with Gasteiger partial charge < -0.3 is 14.4 Å². The molecule has 1 heterocycles. The van der Waals surface area contributed by atoms with E-state index in [1.165, 1.54) is 0 Å². The Morgan fingerprint density at radius 1 is 1.29 bits per heavy atom. The van der Waals surface area contributed by atoms with Crippen LogP contribution in [0.1, 0.15) is 45.8 Å². The van der Waals surface area contributed by atoms with Gasteiger partial charge in [-0.25, -0.2) is 4.79 Å². The molecule has 0 aliphatic carbocycles. The van der Waals surface area contributed by atoms with E-state index >= 15 is 0 Å². The van der Waals surface area contributed by atoms with Gasteiger partial charge in [-0.05, 0) is 44.9 Å². The Morgan fingerprint density at radius 2 is 1.96 bits per heavy atom. The number of rotatable bonds is 5. The van der Waals surface area contributed by atoms with Crippen molar-refractivity contribution in [3.8, 4) is 0 Å². The van der Waals surface area contributed by atoms with Crippen LogP contribution in [0.5, 0.6) is 0 Å². The van der Waals surface area contributed by atoms with Crippen molar-refractivity contribution in [2.75, 3.05) is 19.7 Å².